The van der Waals surface area contributed by atoms with Crippen molar-refractivity contribution in [1.82, 2.24) is 10.1 Å². The van der Waals surface area contributed by atoms with Gasteiger partial charge in [-0.15, -0.1) is 11.3 Å². The van der Waals surface area contributed by atoms with Crippen molar-refractivity contribution in [2.75, 3.05) is 5.75 Å². The molecule has 1 N–H and O–H groups in total. The zero-order valence-electron chi connectivity index (χ0n) is 8.84. The molecule has 16 heavy (non-hydrogen) atoms. The predicted octanol–water partition coefficient (Wildman–Crippen LogP) is 3.15. The van der Waals surface area contributed by atoms with E-state index in [9.17, 15) is 5.11 Å². The molecule has 0 radical (unpaired) electrons. The summed E-state index contributed by atoms with van der Waals surface area (Å²) in [4.78, 5) is 4.88. The number of aromatic hydroxyl groups is 1. The molecule has 2 aromatic rings. The molecule has 6 heteroatoms. The third kappa shape index (κ3) is 2.56. The van der Waals surface area contributed by atoms with E-state index in [1.807, 2.05) is 0 Å². The summed E-state index contributed by atoms with van der Waals surface area (Å²) in [6.45, 7) is 2.14. The van der Waals surface area contributed by atoms with Crippen LogP contribution in [-0.2, 0) is 5.75 Å². The molecule has 0 aliphatic rings. The summed E-state index contributed by atoms with van der Waals surface area (Å²) in [6, 6.07) is 1.62. The van der Waals surface area contributed by atoms with Gasteiger partial charge in [0.15, 0.2) is 5.82 Å². The maximum Gasteiger partial charge on any atom is 0.271 e. The molecule has 0 amide bonds. The normalized spacial score (nSPS) is 10.8. The SMILES string of the molecule is CCCSCc1noc(-c2sccc2O)n1. The quantitative estimate of drug-likeness (QED) is 0.833. The van der Waals surface area contributed by atoms with Crippen LogP contribution >= 0.6 is 23.1 Å². The summed E-state index contributed by atoms with van der Waals surface area (Å²) in [5.41, 5.74) is 0. The predicted molar refractivity (Wildman–Crippen MR) is 65.7 cm³/mol. The van der Waals surface area contributed by atoms with E-state index in [1.54, 1.807) is 23.2 Å². The first-order valence-electron chi connectivity index (χ1n) is 4.98. The molecule has 0 fully saturated rings. The Morgan fingerprint density at radius 3 is 3.12 bits per heavy atom. The van der Waals surface area contributed by atoms with E-state index in [4.69, 9.17) is 4.52 Å². The molecule has 0 unspecified atom stereocenters. The van der Waals surface area contributed by atoms with Crippen molar-refractivity contribution in [1.29, 1.82) is 0 Å². The standard InChI is InChI=1S/C10H12N2O2S2/c1-2-4-15-6-8-11-10(14-12-8)9-7(13)3-5-16-9/h3,5,13H,2,4,6H2,1H3. The molecule has 0 aliphatic heterocycles. The van der Waals surface area contributed by atoms with Gasteiger partial charge in [0.2, 0.25) is 0 Å². The second-order valence-electron chi connectivity index (χ2n) is 3.20. The van der Waals surface area contributed by atoms with Crippen LogP contribution in [0.2, 0.25) is 0 Å². The van der Waals surface area contributed by atoms with Crippen LogP contribution in [0, 0.1) is 0 Å². The second-order valence-corrected chi connectivity index (χ2v) is 5.22. The highest BCUT2D eigenvalue weighted by atomic mass is 32.2. The van der Waals surface area contributed by atoms with E-state index in [0.29, 0.717) is 16.6 Å². The van der Waals surface area contributed by atoms with Crippen LogP contribution in [-0.4, -0.2) is 21.0 Å². The van der Waals surface area contributed by atoms with Gasteiger partial charge in [-0.1, -0.05) is 12.1 Å². The molecule has 4 nitrogen and oxygen atoms in total. The van der Waals surface area contributed by atoms with E-state index in [1.165, 1.54) is 11.3 Å². The van der Waals surface area contributed by atoms with Crippen LogP contribution in [0.4, 0.5) is 0 Å². The Balaban J connectivity index is 2.05. The Morgan fingerprint density at radius 2 is 2.44 bits per heavy atom. The summed E-state index contributed by atoms with van der Waals surface area (Å²) in [5.74, 6) is 3.12. The van der Waals surface area contributed by atoms with Gasteiger partial charge in [0.1, 0.15) is 10.6 Å². The van der Waals surface area contributed by atoms with Gasteiger partial charge >= 0.3 is 0 Å². The van der Waals surface area contributed by atoms with E-state index in [-0.39, 0.29) is 5.75 Å². The van der Waals surface area contributed by atoms with Crippen molar-refractivity contribution < 1.29 is 9.63 Å². The fourth-order valence-electron chi connectivity index (χ4n) is 1.18. The second kappa shape index (κ2) is 5.36. The van der Waals surface area contributed by atoms with Crippen molar-refractivity contribution in [3.05, 3.63) is 17.3 Å². The van der Waals surface area contributed by atoms with E-state index in [0.717, 1.165) is 17.9 Å². The zero-order chi connectivity index (χ0) is 11.4. The van der Waals surface area contributed by atoms with Gasteiger partial charge in [-0.25, -0.2) is 0 Å². The maximum absolute atomic E-state index is 9.50. The third-order valence-electron chi connectivity index (χ3n) is 1.89. The van der Waals surface area contributed by atoms with Gasteiger partial charge in [0, 0.05) is 0 Å². The van der Waals surface area contributed by atoms with Gasteiger partial charge < -0.3 is 9.63 Å². The number of nitrogens with zero attached hydrogens (tertiary/aromatic N) is 2. The molecular weight excluding hydrogens is 244 g/mol. The van der Waals surface area contributed by atoms with Crippen LogP contribution in [0.3, 0.4) is 0 Å². The Kier molecular flexibility index (Phi) is 3.84. The van der Waals surface area contributed by atoms with Gasteiger partial charge in [-0.05, 0) is 23.6 Å². The van der Waals surface area contributed by atoms with Crippen molar-refractivity contribution in [2.24, 2.45) is 0 Å². The fraction of sp³-hybridized carbons (Fsp3) is 0.400. The van der Waals surface area contributed by atoms with E-state index in [2.05, 4.69) is 17.1 Å². The van der Waals surface area contributed by atoms with Gasteiger partial charge in [-0.2, -0.15) is 16.7 Å². The molecule has 0 bridgehead atoms. The van der Waals surface area contributed by atoms with E-state index >= 15 is 0 Å². The molecule has 2 aromatic heterocycles. The van der Waals surface area contributed by atoms with Crippen LogP contribution in [0.15, 0.2) is 16.0 Å². The lowest BCUT2D eigenvalue weighted by Gasteiger charge is -1.92. The minimum absolute atomic E-state index is 0.196. The molecule has 0 atom stereocenters. The van der Waals surface area contributed by atoms with Gasteiger partial charge in [-0.3, -0.25) is 0 Å². The highest BCUT2D eigenvalue weighted by Crippen LogP contribution is 2.33. The molecular formula is C10H12N2O2S2. The number of aromatic nitrogens is 2. The number of thiophene rings is 1. The monoisotopic (exact) mass is 256 g/mol. The van der Waals surface area contributed by atoms with Crippen LogP contribution in [0.1, 0.15) is 19.2 Å². The molecule has 0 saturated heterocycles. The lowest BCUT2D eigenvalue weighted by Crippen LogP contribution is -1.84. The Labute approximate surface area is 102 Å². The number of hydrogen-bond acceptors (Lipinski definition) is 6. The minimum Gasteiger partial charge on any atom is -0.506 e. The first kappa shape index (κ1) is 11.5. The first-order valence-corrected chi connectivity index (χ1v) is 7.02. The van der Waals surface area contributed by atoms with Crippen molar-refractivity contribution in [2.45, 2.75) is 19.1 Å². The Bertz CT molecular complexity index is 453. The topological polar surface area (TPSA) is 59.2 Å². The van der Waals surface area contributed by atoms with Crippen molar-refractivity contribution in [3.63, 3.8) is 0 Å². The molecule has 2 rings (SSSR count). The fourth-order valence-corrected chi connectivity index (χ4v) is 2.61. The Morgan fingerprint density at radius 1 is 1.56 bits per heavy atom. The maximum atomic E-state index is 9.50. The first-order chi connectivity index (χ1) is 7.81. The zero-order valence-corrected chi connectivity index (χ0v) is 10.5. The Hall–Kier alpha value is -1.01. The minimum atomic E-state index is 0.196. The lowest BCUT2D eigenvalue weighted by molar-refractivity contribution is 0.421. The summed E-state index contributed by atoms with van der Waals surface area (Å²) in [5, 5.41) is 15.2. The highest BCUT2D eigenvalue weighted by Gasteiger charge is 2.13. The average molecular weight is 256 g/mol. The highest BCUT2D eigenvalue weighted by molar-refractivity contribution is 7.98. The van der Waals surface area contributed by atoms with Crippen LogP contribution in [0.5, 0.6) is 5.75 Å². The van der Waals surface area contributed by atoms with Crippen LogP contribution in [0.25, 0.3) is 10.8 Å². The van der Waals surface area contributed by atoms with Crippen molar-refractivity contribution >= 4 is 23.1 Å². The van der Waals surface area contributed by atoms with Crippen LogP contribution < -0.4 is 0 Å². The summed E-state index contributed by atoms with van der Waals surface area (Å²) < 4.78 is 5.10. The molecule has 0 aliphatic carbocycles. The van der Waals surface area contributed by atoms with Gasteiger partial charge in [0.05, 0.1) is 5.75 Å². The number of hydrogen-bond donors (Lipinski definition) is 1. The number of thioether (sulfide) groups is 1. The summed E-state index contributed by atoms with van der Waals surface area (Å²) in [7, 11) is 0. The molecule has 0 aromatic carbocycles. The molecule has 0 spiro atoms. The molecule has 2 heterocycles. The van der Waals surface area contributed by atoms with Crippen molar-refractivity contribution in [3.8, 4) is 16.5 Å². The summed E-state index contributed by atoms with van der Waals surface area (Å²) >= 11 is 3.17. The smallest absolute Gasteiger partial charge is 0.271 e. The lowest BCUT2D eigenvalue weighted by atomic mass is 10.4. The van der Waals surface area contributed by atoms with Gasteiger partial charge in [0.25, 0.3) is 5.89 Å². The summed E-state index contributed by atoms with van der Waals surface area (Å²) in [6.07, 6.45) is 1.14. The molecule has 86 valence electrons. The largest absolute Gasteiger partial charge is 0.506 e. The van der Waals surface area contributed by atoms with E-state index < -0.39 is 0 Å². The number of rotatable bonds is 5. The average Bonchev–Trinajstić information content (AvgIpc) is 2.87. The molecule has 0 saturated carbocycles. The third-order valence-corrected chi connectivity index (χ3v) is 3.94.